The number of amides is 2. The second kappa shape index (κ2) is 9.09. The Bertz CT molecular complexity index is 1380. The van der Waals surface area contributed by atoms with Crippen LogP contribution in [0.3, 0.4) is 0 Å². The number of carboxylic acid groups (broad SMARTS) is 1. The summed E-state index contributed by atoms with van der Waals surface area (Å²) in [5, 5.41) is 23.8. The second-order valence-corrected chi connectivity index (χ2v) is 7.73. The van der Waals surface area contributed by atoms with Crippen LogP contribution in [0.2, 0.25) is 0 Å². The molecular formula is C23H19N7O5. The van der Waals surface area contributed by atoms with Crippen molar-refractivity contribution in [1.29, 1.82) is 0 Å². The molecular weight excluding hydrogens is 454 g/mol. The van der Waals surface area contributed by atoms with Crippen molar-refractivity contribution in [2.75, 3.05) is 17.2 Å². The van der Waals surface area contributed by atoms with Crippen LogP contribution >= 0.6 is 0 Å². The molecule has 4 aromatic rings. The van der Waals surface area contributed by atoms with E-state index in [0.29, 0.717) is 0 Å². The molecule has 0 fully saturated rings. The van der Waals surface area contributed by atoms with E-state index in [1.807, 2.05) is 48.5 Å². The average molecular weight is 473 g/mol. The van der Waals surface area contributed by atoms with Gasteiger partial charge in [-0.2, -0.15) is 10.1 Å². The first-order valence-electron chi connectivity index (χ1n) is 10.6. The molecule has 12 nitrogen and oxygen atoms in total. The first-order chi connectivity index (χ1) is 17.0. The van der Waals surface area contributed by atoms with Crippen LogP contribution in [0, 0.1) is 0 Å². The Labute approximate surface area is 198 Å². The van der Waals surface area contributed by atoms with Gasteiger partial charge in [0.1, 0.15) is 13.2 Å². The van der Waals surface area contributed by atoms with E-state index in [9.17, 15) is 14.4 Å². The Balaban J connectivity index is 1.18. The first-order valence-corrected chi connectivity index (χ1v) is 10.6. The third kappa shape index (κ3) is 4.57. The topological polar surface area (TPSA) is 164 Å². The van der Waals surface area contributed by atoms with Crippen molar-refractivity contribution in [3.05, 3.63) is 77.9 Å². The zero-order valence-electron chi connectivity index (χ0n) is 18.1. The summed E-state index contributed by atoms with van der Waals surface area (Å²) in [6.07, 6.45) is 1.90. The van der Waals surface area contributed by atoms with E-state index in [1.165, 1.54) is 12.4 Å². The van der Waals surface area contributed by atoms with E-state index in [2.05, 4.69) is 30.9 Å². The van der Waals surface area contributed by atoms with Gasteiger partial charge in [-0.1, -0.05) is 48.5 Å². The number of ether oxygens (including phenoxy) is 1. The Kier molecular flexibility index (Phi) is 5.67. The number of nitrogens with zero attached hydrogens (tertiary/aromatic N) is 4. The van der Waals surface area contributed by atoms with Gasteiger partial charge in [0, 0.05) is 12.1 Å². The Hall–Kier alpha value is -5.00. The molecule has 0 atom stereocenters. The molecule has 2 aromatic carbocycles. The fourth-order valence-electron chi connectivity index (χ4n) is 3.99. The Morgan fingerprint density at radius 1 is 1.03 bits per heavy atom. The van der Waals surface area contributed by atoms with Crippen molar-refractivity contribution in [1.82, 2.24) is 25.0 Å². The van der Waals surface area contributed by atoms with Crippen molar-refractivity contribution in [2.24, 2.45) is 0 Å². The highest BCUT2D eigenvalue weighted by molar-refractivity contribution is 6.01. The van der Waals surface area contributed by atoms with E-state index in [1.54, 1.807) is 0 Å². The lowest BCUT2D eigenvalue weighted by Crippen LogP contribution is -2.18. The van der Waals surface area contributed by atoms with E-state index in [4.69, 9.17) is 9.84 Å². The fraction of sp³-hybridized carbons (Fsp3) is 0.130. The van der Waals surface area contributed by atoms with E-state index < -0.39 is 18.0 Å². The maximum atomic E-state index is 12.4. The molecule has 12 heteroatoms. The minimum absolute atomic E-state index is 0.0938. The number of aliphatic carboxylic acids is 1. The highest BCUT2D eigenvalue weighted by atomic mass is 16.5. The van der Waals surface area contributed by atoms with E-state index >= 15 is 0 Å². The number of carbonyl (C=O) groups is 3. The number of nitrogens with one attached hydrogen (secondary N) is 3. The molecule has 0 spiro atoms. The molecule has 176 valence electrons. The van der Waals surface area contributed by atoms with Crippen molar-refractivity contribution in [2.45, 2.75) is 12.5 Å². The lowest BCUT2D eigenvalue weighted by molar-refractivity contribution is -0.137. The number of carbonyl (C=O) groups excluding carboxylic acids is 2. The van der Waals surface area contributed by atoms with Gasteiger partial charge in [0.05, 0.1) is 11.9 Å². The molecule has 0 aliphatic heterocycles. The molecule has 0 saturated carbocycles. The monoisotopic (exact) mass is 473 g/mol. The molecule has 2 heterocycles. The highest BCUT2D eigenvalue weighted by Crippen LogP contribution is 2.44. The maximum absolute atomic E-state index is 12.4. The minimum Gasteiger partial charge on any atom is -0.480 e. The molecule has 0 unspecified atom stereocenters. The predicted molar refractivity (Wildman–Crippen MR) is 123 cm³/mol. The van der Waals surface area contributed by atoms with Gasteiger partial charge in [0.2, 0.25) is 5.82 Å². The second-order valence-electron chi connectivity index (χ2n) is 7.73. The minimum atomic E-state index is -1.06. The van der Waals surface area contributed by atoms with Crippen LogP contribution in [0.25, 0.3) is 11.1 Å². The highest BCUT2D eigenvalue weighted by Gasteiger charge is 2.29. The number of carboxylic acids is 1. The predicted octanol–water partition coefficient (Wildman–Crippen LogP) is 2.70. The first kappa shape index (κ1) is 21.8. The zero-order valence-corrected chi connectivity index (χ0v) is 18.1. The molecule has 35 heavy (non-hydrogen) atoms. The van der Waals surface area contributed by atoms with Gasteiger partial charge in [-0.05, 0) is 22.3 Å². The molecule has 5 rings (SSSR count). The normalized spacial score (nSPS) is 12.0. The van der Waals surface area contributed by atoms with Crippen molar-refractivity contribution in [3.8, 4) is 11.1 Å². The summed E-state index contributed by atoms with van der Waals surface area (Å²) in [5.41, 5.74) is 4.69. The van der Waals surface area contributed by atoms with E-state index in [0.717, 1.165) is 26.9 Å². The Morgan fingerprint density at radius 2 is 1.71 bits per heavy atom. The van der Waals surface area contributed by atoms with Crippen LogP contribution in [-0.2, 0) is 16.1 Å². The summed E-state index contributed by atoms with van der Waals surface area (Å²) < 4.78 is 6.60. The smallest absolute Gasteiger partial charge is 0.414 e. The molecule has 1 aliphatic carbocycles. The number of aromatic amines is 1. The van der Waals surface area contributed by atoms with E-state index in [-0.39, 0.29) is 36.5 Å². The van der Waals surface area contributed by atoms with Crippen molar-refractivity contribution in [3.63, 3.8) is 0 Å². The molecule has 2 aromatic heterocycles. The van der Waals surface area contributed by atoms with Crippen LogP contribution in [0.1, 0.15) is 27.7 Å². The summed E-state index contributed by atoms with van der Waals surface area (Å²) in [6.45, 7) is -0.218. The number of fused-ring (bicyclic) bond motifs is 3. The summed E-state index contributed by atoms with van der Waals surface area (Å²) >= 11 is 0. The molecule has 4 N–H and O–H groups in total. The fourth-order valence-corrected chi connectivity index (χ4v) is 3.99. The lowest BCUT2D eigenvalue weighted by Gasteiger charge is -2.13. The summed E-state index contributed by atoms with van der Waals surface area (Å²) in [5.74, 6) is -2.10. The number of hydrogen-bond donors (Lipinski definition) is 4. The van der Waals surface area contributed by atoms with Gasteiger partial charge in [-0.3, -0.25) is 24.7 Å². The number of hydrogen-bond acceptors (Lipinski definition) is 7. The summed E-state index contributed by atoms with van der Waals surface area (Å²) in [6, 6.07) is 16.0. The molecule has 2 amide bonds. The maximum Gasteiger partial charge on any atom is 0.414 e. The van der Waals surface area contributed by atoms with Crippen LogP contribution < -0.4 is 10.6 Å². The largest absolute Gasteiger partial charge is 0.480 e. The molecule has 1 aliphatic rings. The van der Waals surface area contributed by atoms with Crippen LogP contribution in [-0.4, -0.2) is 54.6 Å². The van der Waals surface area contributed by atoms with Gasteiger partial charge in [-0.15, -0.1) is 5.10 Å². The number of H-pyrrole nitrogens is 1. The Morgan fingerprint density at radius 3 is 2.40 bits per heavy atom. The van der Waals surface area contributed by atoms with Crippen LogP contribution in [0.4, 0.5) is 16.4 Å². The number of anilines is 2. The zero-order chi connectivity index (χ0) is 24.4. The van der Waals surface area contributed by atoms with Crippen LogP contribution in [0.5, 0.6) is 0 Å². The van der Waals surface area contributed by atoms with Gasteiger partial charge in [-0.25, -0.2) is 4.79 Å². The summed E-state index contributed by atoms with van der Waals surface area (Å²) in [7, 11) is 0. The molecule has 0 saturated heterocycles. The van der Waals surface area contributed by atoms with Crippen molar-refractivity contribution >= 4 is 29.6 Å². The third-order valence-corrected chi connectivity index (χ3v) is 5.45. The average Bonchev–Trinajstić information content (AvgIpc) is 3.55. The van der Waals surface area contributed by atoms with Crippen LogP contribution in [0.15, 0.2) is 60.9 Å². The van der Waals surface area contributed by atoms with Crippen molar-refractivity contribution < 1.29 is 24.2 Å². The van der Waals surface area contributed by atoms with Gasteiger partial charge in [0.15, 0.2) is 0 Å². The van der Waals surface area contributed by atoms with Gasteiger partial charge >= 0.3 is 12.1 Å². The number of aromatic nitrogens is 5. The summed E-state index contributed by atoms with van der Waals surface area (Å²) in [4.78, 5) is 39.4. The molecule has 0 bridgehead atoms. The quantitative estimate of drug-likeness (QED) is 0.318. The standard InChI is InChI=1S/C23H19N7O5/c31-19(32)11-30-10-13(9-24-30)25-21(33)20-26-22(29-28-20)27-23(34)35-12-18-16-7-3-1-5-14(16)15-6-2-4-8-17(15)18/h1-10,18H,11-12H2,(H,25,33)(H,31,32)(H2,26,27,28,29,34). The lowest BCUT2D eigenvalue weighted by atomic mass is 9.98. The SMILES string of the molecule is O=C(O)Cn1cc(NC(=O)c2nc(NC(=O)OCC3c4ccccc4-c4ccccc43)n[nH]2)cn1. The van der Waals surface area contributed by atoms with Gasteiger partial charge < -0.3 is 15.2 Å². The molecule has 0 radical (unpaired) electrons. The van der Waals surface area contributed by atoms with Gasteiger partial charge in [0.25, 0.3) is 11.9 Å². The number of benzene rings is 2. The number of rotatable bonds is 7. The third-order valence-electron chi connectivity index (χ3n) is 5.45.